The van der Waals surface area contributed by atoms with E-state index >= 15 is 0 Å². The molecule has 6 nitrogen and oxygen atoms in total. The van der Waals surface area contributed by atoms with Crippen LogP contribution in [0.15, 0.2) is 48.5 Å². The Morgan fingerprint density at radius 2 is 1.59 bits per heavy atom. The average molecular weight is 476 g/mol. The number of rotatable bonds is 4. The lowest BCUT2D eigenvalue weighted by atomic mass is 10.1. The van der Waals surface area contributed by atoms with Crippen LogP contribution in [0.3, 0.4) is 0 Å². The number of carbonyl (C=O) groups excluding carboxylic acids is 2. The number of piperazine rings is 1. The smallest absolute Gasteiger partial charge is 0.373 e. The van der Waals surface area contributed by atoms with E-state index in [4.69, 9.17) is 4.74 Å². The Morgan fingerprint density at radius 3 is 2.24 bits per heavy atom. The van der Waals surface area contributed by atoms with Crippen molar-refractivity contribution in [3.05, 3.63) is 70.8 Å². The molecule has 2 aliphatic rings. The van der Waals surface area contributed by atoms with Crippen molar-refractivity contribution < 1.29 is 27.5 Å². The van der Waals surface area contributed by atoms with Gasteiger partial charge in [0.1, 0.15) is 0 Å². The van der Waals surface area contributed by atoms with E-state index in [1.54, 1.807) is 4.90 Å². The van der Waals surface area contributed by atoms with Crippen molar-refractivity contribution in [2.45, 2.75) is 19.2 Å². The highest BCUT2D eigenvalue weighted by molar-refractivity contribution is 5.95. The van der Waals surface area contributed by atoms with Crippen molar-refractivity contribution >= 4 is 11.8 Å². The Bertz CT molecular complexity index is 1020. The summed E-state index contributed by atoms with van der Waals surface area (Å²) in [6.45, 7) is 6.37. The number of hydrogen-bond acceptors (Lipinski definition) is 4. The molecular weight excluding hydrogens is 447 g/mol. The summed E-state index contributed by atoms with van der Waals surface area (Å²) in [7, 11) is 0. The summed E-state index contributed by atoms with van der Waals surface area (Å²) in [4.78, 5) is 31.3. The van der Waals surface area contributed by atoms with Crippen LogP contribution in [0.25, 0.3) is 0 Å². The lowest BCUT2D eigenvalue weighted by Gasteiger charge is -2.39. The second kappa shape index (κ2) is 10.1. The van der Waals surface area contributed by atoms with Gasteiger partial charge in [-0.25, -0.2) is 0 Å². The fourth-order valence-corrected chi connectivity index (χ4v) is 4.40. The maximum Gasteiger partial charge on any atom is 0.416 e. The van der Waals surface area contributed by atoms with Crippen molar-refractivity contribution in [3.63, 3.8) is 0 Å². The quantitative estimate of drug-likeness (QED) is 0.681. The molecule has 0 N–H and O–H groups in total. The van der Waals surface area contributed by atoms with Crippen LogP contribution >= 0.6 is 0 Å². The molecule has 2 aromatic rings. The van der Waals surface area contributed by atoms with Crippen LogP contribution in [-0.2, 0) is 10.9 Å². The van der Waals surface area contributed by atoms with Crippen molar-refractivity contribution in [3.8, 4) is 0 Å². The van der Waals surface area contributed by atoms with E-state index in [9.17, 15) is 22.8 Å². The number of halogens is 3. The van der Waals surface area contributed by atoms with Crippen LogP contribution in [-0.4, -0.2) is 85.0 Å². The first-order valence-corrected chi connectivity index (χ1v) is 11.4. The number of amides is 2. The predicted octanol–water partition coefficient (Wildman–Crippen LogP) is 3.31. The Hall–Kier alpha value is -2.91. The second-order valence-electron chi connectivity index (χ2n) is 8.73. The van der Waals surface area contributed by atoms with E-state index in [-0.39, 0.29) is 23.5 Å². The standard InChI is InChI=1S/C25H28F3N3O3/c1-18-4-2-3-5-22(18)24(33)31-14-15-34-21(17-31)16-29-10-12-30(13-11-29)23(32)19-6-8-20(9-7-19)25(26,27)28/h2-9,21H,10-17H2,1H3. The summed E-state index contributed by atoms with van der Waals surface area (Å²) >= 11 is 0. The minimum Gasteiger partial charge on any atom is -0.373 e. The monoisotopic (exact) mass is 475 g/mol. The van der Waals surface area contributed by atoms with Crippen LogP contribution in [0.2, 0.25) is 0 Å². The number of hydrogen-bond donors (Lipinski definition) is 0. The van der Waals surface area contributed by atoms with E-state index in [1.807, 2.05) is 36.1 Å². The fraction of sp³-hybridized carbons (Fsp3) is 0.440. The van der Waals surface area contributed by atoms with Gasteiger partial charge in [-0.3, -0.25) is 14.5 Å². The fourth-order valence-electron chi connectivity index (χ4n) is 4.40. The first-order chi connectivity index (χ1) is 16.2. The molecule has 1 atom stereocenters. The van der Waals surface area contributed by atoms with Gasteiger partial charge >= 0.3 is 6.18 Å². The topological polar surface area (TPSA) is 53.1 Å². The summed E-state index contributed by atoms with van der Waals surface area (Å²) in [6.07, 6.45) is -4.53. The van der Waals surface area contributed by atoms with E-state index in [0.29, 0.717) is 58.0 Å². The highest BCUT2D eigenvalue weighted by atomic mass is 19.4. The maximum absolute atomic E-state index is 12.9. The van der Waals surface area contributed by atoms with Gasteiger partial charge in [0.15, 0.2) is 0 Å². The summed E-state index contributed by atoms with van der Waals surface area (Å²) in [5, 5.41) is 0. The summed E-state index contributed by atoms with van der Waals surface area (Å²) in [5.41, 5.74) is 1.14. The molecule has 4 rings (SSSR count). The molecular formula is C25H28F3N3O3. The number of benzene rings is 2. The van der Waals surface area contributed by atoms with Crippen molar-refractivity contribution in [2.75, 3.05) is 52.4 Å². The molecule has 9 heteroatoms. The first-order valence-electron chi connectivity index (χ1n) is 11.4. The minimum atomic E-state index is -4.42. The van der Waals surface area contributed by atoms with Gasteiger partial charge in [-0.1, -0.05) is 18.2 Å². The van der Waals surface area contributed by atoms with E-state index in [0.717, 1.165) is 17.7 Å². The molecule has 34 heavy (non-hydrogen) atoms. The number of carbonyl (C=O) groups is 2. The predicted molar refractivity (Wildman–Crippen MR) is 121 cm³/mol. The number of morpholine rings is 1. The summed E-state index contributed by atoms with van der Waals surface area (Å²) < 4.78 is 44.2. The zero-order chi connectivity index (χ0) is 24.3. The zero-order valence-corrected chi connectivity index (χ0v) is 19.1. The van der Waals surface area contributed by atoms with Gasteiger partial charge in [-0.05, 0) is 42.8 Å². The SMILES string of the molecule is Cc1ccccc1C(=O)N1CCOC(CN2CCN(C(=O)c3ccc(C(F)(F)F)cc3)CC2)C1. The van der Waals surface area contributed by atoms with Crippen LogP contribution in [0, 0.1) is 6.92 Å². The molecule has 2 aliphatic heterocycles. The van der Waals surface area contributed by atoms with Gasteiger partial charge in [0, 0.05) is 56.9 Å². The molecule has 2 aromatic carbocycles. The van der Waals surface area contributed by atoms with Crippen LogP contribution in [0.4, 0.5) is 13.2 Å². The lowest BCUT2D eigenvalue weighted by molar-refractivity contribution is -0.137. The summed E-state index contributed by atoms with van der Waals surface area (Å²) in [6, 6.07) is 11.9. The number of ether oxygens (including phenoxy) is 1. The minimum absolute atomic E-state index is 0.0124. The third-order valence-electron chi connectivity index (χ3n) is 6.38. The molecule has 0 aromatic heterocycles. The Balaban J connectivity index is 1.28. The second-order valence-corrected chi connectivity index (χ2v) is 8.73. The molecule has 2 amide bonds. The van der Waals surface area contributed by atoms with Crippen LogP contribution < -0.4 is 0 Å². The molecule has 182 valence electrons. The lowest BCUT2D eigenvalue weighted by Crippen LogP contribution is -2.54. The number of nitrogens with zero attached hydrogens (tertiary/aromatic N) is 3. The van der Waals surface area contributed by atoms with Crippen molar-refractivity contribution in [1.29, 1.82) is 0 Å². The highest BCUT2D eigenvalue weighted by Gasteiger charge is 2.31. The van der Waals surface area contributed by atoms with Crippen molar-refractivity contribution in [2.24, 2.45) is 0 Å². The summed E-state index contributed by atoms with van der Waals surface area (Å²) in [5.74, 6) is -0.254. The van der Waals surface area contributed by atoms with Gasteiger partial charge in [-0.15, -0.1) is 0 Å². The maximum atomic E-state index is 12.9. The Kier molecular flexibility index (Phi) is 7.23. The molecule has 0 radical (unpaired) electrons. The largest absolute Gasteiger partial charge is 0.416 e. The van der Waals surface area contributed by atoms with Gasteiger partial charge in [0.05, 0.1) is 18.3 Å². The average Bonchev–Trinajstić information content (AvgIpc) is 2.84. The Labute approximate surface area is 196 Å². The van der Waals surface area contributed by atoms with Crippen molar-refractivity contribution in [1.82, 2.24) is 14.7 Å². The molecule has 0 saturated carbocycles. The van der Waals surface area contributed by atoms with E-state index < -0.39 is 11.7 Å². The molecule has 0 bridgehead atoms. The molecule has 0 aliphatic carbocycles. The van der Waals surface area contributed by atoms with Gasteiger partial charge in [-0.2, -0.15) is 13.2 Å². The molecule has 2 heterocycles. The van der Waals surface area contributed by atoms with E-state index in [1.165, 1.54) is 12.1 Å². The number of aryl methyl sites for hydroxylation is 1. The van der Waals surface area contributed by atoms with Gasteiger partial charge in [0.2, 0.25) is 0 Å². The zero-order valence-electron chi connectivity index (χ0n) is 19.1. The van der Waals surface area contributed by atoms with Gasteiger partial charge < -0.3 is 14.5 Å². The first kappa shape index (κ1) is 24.2. The normalized spacial score (nSPS) is 19.8. The third-order valence-corrected chi connectivity index (χ3v) is 6.38. The van der Waals surface area contributed by atoms with Gasteiger partial charge in [0.25, 0.3) is 11.8 Å². The highest BCUT2D eigenvalue weighted by Crippen LogP contribution is 2.29. The molecule has 2 fully saturated rings. The molecule has 0 spiro atoms. The molecule has 1 unspecified atom stereocenters. The molecule has 2 saturated heterocycles. The van der Waals surface area contributed by atoms with Crippen LogP contribution in [0.1, 0.15) is 31.8 Å². The number of alkyl halides is 3. The van der Waals surface area contributed by atoms with Crippen LogP contribution in [0.5, 0.6) is 0 Å². The Morgan fingerprint density at radius 1 is 0.912 bits per heavy atom. The third kappa shape index (κ3) is 5.59. The van der Waals surface area contributed by atoms with E-state index in [2.05, 4.69) is 4.90 Å².